The third-order valence-corrected chi connectivity index (χ3v) is 4.85. The van der Waals surface area contributed by atoms with Crippen LogP contribution in [0.15, 0.2) is 54.0 Å². The van der Waals surface area contributed by atoms with Crippen LogP contribution in [0, 0.1) is 0 Å². The quantitative estimate of drug-likeness (QED) is 0.155. The van der Waals surface area contributed by atoms with Gasteiger partial charge in [0.05, 0.1) is 44.5 Å². The minimum Gasteiger partial charge on any atom is -0.497 e. The van der Waals surface area contributed by atoms with Crippen LogP contribution in [0.3, 0.4) is 0 Å². The maximum Gasteiger partial charge on any atom is 0.180 e. The number of aryl methyl sites for hydroxylation is 1. The lowest BCUT2D eigenvalue weighted by Crippen LogP contribution is -2.33. The minimum atomic E-state index is 0.189. The Labute approximate surface area is 189 Å². The molecule has 0 atom stereocenters. The van der Waals surface area contributed by atoms with Crippen molar-refractivity contribution in [1.29, 1.82) is 0 Å². The Bertz CT molecular complexity index is 1280. The molecular formula is C21H24N10O2. The Balaban J connectivity index is 1.82. The summed E-state index contributed by atoms with van der Waals surface area (Å²) in [7, 11) is 5.01. The summed E-state index contributed by atoms with van der Waals surface area (Å²) in [5.74, 6) is 7.35. The molecule has 170 valence electrons. The van der Waals surface area contributed by atoms with Crippen molar-refractivity contribution in [3.63, 3.8) is 0 Å². The van der Waals surface area contributed by atoms with Crippen LogP contribution in [-0.4, -0.2) is 51.3 Å². The average molecular weight is 448 g/mol. The van der Waals surface area contributed by atoms with Gasteiger partial charge in [-0.25, -0.2) is 21.3 Å². The third-order valence-electron chi connectivity index (χ3n) is 4.85. The number of benzene rings is 1. The van der Waals surface area contributed by atoms with Crippen LogP contribution in [0.1, 0.15) is 0 Å². The monoisotopic (exact) mass is 448 g/mol. The summed E-state index contributed by atoms with van der Waals surface area (Å²) in [5.41, 5.74) is 11.6. The lowest BCUT2D eigenvalue weighted by molar-refractivity contribution is 0.394. The van der Waals surface area contributed by atoms with Gasteiger partial charge in [0, 0.05) is 37.0 Å². The van der Waals surface area contributed by atoms with Crippen LogP contribution in [0.25, 0.3) is 22.4 Å². The number of nitrogens with zero attached hydrogens (tertiary/aromatic N) is 7. The van der Waals surface area contributed by atoms with Crippen molar-refractivity contribution < 1.29 is 9.47 Å². The largest absolute Gasteiger partial charge is 0.497 e. The van der Waals surface area contributed by atoms with Crippen molar-refractivity contribution in [2.75, 3.05) is 25.7 Å². The number of nitrogens with two attached hydrogens (primary N) is 2. The average Bonchev–Trinajstić information content (AvgIpc) is 3.27. The number of ether oxygens (including phenoxy) is 2. The molecule has 0 amide bonds. The van der Waals surface area contributed by atoms with Crippen molar-refractivity contribution in [3.05, 3.63) is 48.9 Å². The summed E-state index contributed by atoms with van der Waals surface area (Å²) in [6, 6.07) is 9.14. The van der Waals surface area contributed by atoms with Crippen molar-refractivity contribution in [3.8, 4) is 22.8 Å². The van der Waals surface area contributed by atoms with E-state index in [-0.39, 0.29) is 12.4 Å². The van der Waals surface area contributed by atoms with E-state index >= 15 is 0 Å². The first-order valence-electron chi connectivity index (χ1n) is 9.91. The first-order chi connectivity index (χ1) is 16.0. The summed E-state index contributed by atoms with van der Waals surface area (Å²) >= 11 is 0. The number of hydrogen-bond acceptors (Lipinski definition) is 10. The van der Waals surface area contributed by atoms with Gasteiger partial charge in [0.1, 0.15) is 28.7 Å². The zero-order valence-electron chi connectivity index (χ0n) is 18.4. The smallest absolute Gasteiger partial charge is 0.180 e. The van der Waals surface area contributed by atoms with Crippen molar-refractivity contribution in [2.45, 2.75) is 0 Å². The van der Waals surface area contributed by atoms with Gasteiger partial charge in [-0.3, -0.25) is 9.67 Å². The highest BCUT2D eigenvalue weighted by Crippen LogP contribution is 2.32. The van der Waals surface area contributed by atoms with Crippen molar-refractivity contribution in [2.24, 2.45) is 23.7 Å². The molecule has 12 heteroatoms. The number of hydrogen-bond donors (Lipinski definition) is 3. The molecule has 0 radical (unpaired) electrons. The van der Waals surface area contributed by atoms with E-state index in [9.17, 15) is 0 Å². The van der Waals surface area contributed by atoms with E-state index in [1.54, 1.807) is 37.4 Å². The van der Waals surface area contributed by atoms with E-state index in [1.165, 1.54) is 0 Å². The number of hydrazone groups is 1. The molecule has 12 nitrogen and oxygen atoms in total. The zero-order chi connectivity index (χ0) is 23.4. The van der Waals surface area contributed by atoms with E-state index in [1.807, 2.05) is 42.4 Å². The molecule has 1 aromatic carbocycles. The standard InChI is InChI=1S/C21H24N10O2/c1-30-11-13(9-25-30)18-10-24-17-4-5-20(27-21(17)26-18)31(12-19(22)28-29-23)14-6-15(32-2)8-16(7-14)33-3/h4-11,29H,12,23H2,1-3H3,(H2,22,28). The number of rotatable bonds is 8. The number of aromatic nitrogens is 5. The lowest BCUT2D eigenvalue weighted by Gasteiger charge is -2.24. The van der Waals surface area contributed by atoms with Crippen LogP contribution in [0.4, 0.5) is 11.5 Å². The molecule has 4 aromatic rings. The Morgan fingerprint density at radius 1 is 1.12 bits per heavy atom. The Morgan fingerprint density at radius 3 is 2.52 bits per heavy atom. The normalized spacial score (nSPS) is 11.5. The van der Waals surface area contributed by atoms with Gasteiger partial charge < -0.3 is 20.1 Å². The Kier molecular flexibility index (Phi) is 6.17. The minimum absolute atomic E-state index is 0.189. The highest BCUT2D eigenvalue weighted by Gasteiger charge is 2.17. The first kappa shape index (κ1) is 21.8. The fourth-order valence-corrected chi connectivity index (χ4v) is 3.26. The van der Waals surface area contributed by atoms with Gasteiger partial charge in [-0.2, -0.15) is 10.2 Å². The molecule has 0 bridgehead atoms. The second-order valence-electron chi connectivity index (χ2n) is 7.06. The van der Waals surface area contributed by atoms with Crippen LogP contribution in [0.2, 0.25) is 0 Å². The number of anilines is 2. The number of amidine groups is 1. The van der Waals surface area contributed by atoms with E-state index < -0.39 is 0 Å². The molecule has 0 saturated heterocycles. The highest BCUT2D eigenvalue weighted by atomic mass is 16.5. The van der Waals surface area contributed by atoms with Gasteiger partial charge in [0.15, 0.2) is 5.65 Å². The second-order valence-corrected chi connectivity index (χ2v) is 7.06. The number of methoxy groups -OCH3 is 2. The fourth-order valence-electron chi connectivity index (χ4n) is 3.26. The Hall–Kier alpha value is -4.45. The fraction of sp³-hybridized carbons (Fsp3) is 0.190. The third kappa shape index (κ3) is 4.75. The van der Waals surface area contributed by atoms with Crippen molar-refractivity contribution >= 4 is 28.5 Å². The van der Waals surface area contributed by atoms with Gasteiger partial charge in [-0.15, -0.1) is 0 Å². The maximum absolute atomic E-state index is 6.05. The lowest BCUT2D eigenvalue weighted by atomic mass is 10.2. The molecule has 3 aromatic heterocycles. The molecule has 0 saturated carbocycles. The molecule has 0 spiro atoms. The van der Waals surface area contributed by atoms with Crippen LogP contribution in [-0.2, 0) is 7.05 Å². The number of hydrazine groups is 1. The highest BCUT2D eigenvalue weighted by molar-refractivity contribution is 5.88. The molecule has 33 heavy (non-hydrogen) atoms. The molecule has 5 N–H and O–H groups in total. The summed E-state index contributed by atoms with van der Waals surface area (Å²) in [5, 5.41) is 8.07. The predicted molar refractivity (Wildman–Crippen MR) is 125 cm³/mol. The van der Waals surface area contributed by atoms with Gasteiger partial charge in [-0.1, -0.05) is 0 Å². The van der Waals surface area contributed by atoms with Gasteiger partial charge in [0.25, 0.3) is 0 Å². The van der Waals surface area contributed by atoms with Gasteiger partial charge in [-0.05, 0) is 12.1 Å². The molecule has 0 fully saturated rings. The van der Waals surface area contributed by atoms with Gasteiger partial charge >= 0.3 is 0 Å². The summed E-state index contributed by atoms with van der Waals surface area (Å²) in [6.45, 7) is 0.189. The van der Waals surface area contributed by atoms with Crippen molar-refractivity contribution in [1.82, 2.24) is 30.3 Å². The molecule has 4 rings (SSSR count). The number of nitrogens with one attached hydrogen (secondary N) is 1. The zero-order valence-corrected chi connectivity index (χ0v) is 18.4. The summed E-state index contributed by atoms with van der Waals surface area (Å²) < 4.78 is 12.5. The number of fused-ring (bicyclic) bond motifs is 1. The topological polar surface area (TPSA) is 155 Å². The van der Waals surface area contributed by atoms with Crippen LogP contribution in [0.5, 0.6) is 11.5 Å². The predicted octanol–water partition coefficient (Wildman–Crippen LogP) is 1.32. The maximum atomic E-state index is 6.05. The first-order valence-corrected chi connectivity index (χ1v) is 9.91. The molecule has 0 unspecified atom stereocenters. The molecule has 0 aliphatic rings. The molecule has 0 aliphatic carbocycles. The molecular weight excluding hydrogens is 424 g/mol. The molecule has 0 aliphatic heterocycles. The molecule has 3 heterocycles. The SMILES string of the molecule is COc1cc(OC)cc(N(C/C(N)=N/NN)c2ccc3ncc(-c4cnn(C)c4)nc3n2)c1. The van der Waals surface area contributed by atoms with Crippen LogP contribution >= 0.6 is 0 Å². The van der Waals surface area contributed by atoms with Gasteiger partial charge in [0.2, 0.25) is 0 Å². The summed E-state index contributed by atoms with van der Waals surface area (Å²) in [6.07, 6.45) is 5.29. The second kappa shape index (κ2) is 9.36. The van der Waals surface area contributed by atoms with E-state index in [2.05, 4.69) is 25.7 Å². The Morgan fingerprint density at radius 2 is 1.88 bits per heavy atom. The van der Waals surface area contributed by atoms with E-state index in [0.717, 1.165) is 11.3 Å². The van der Waals surface area contributed by atoms with E-state index in [4.69, 9.17) is 26.0 Å². The number of pyridine rings is 1. The van der Waals surface area contributed by atoms with Crippen LogP contribution < -0.4 is 31.5 Å². The summed E-state index contributed by atoms with van der Waals surface area (Å²) in [4.78, 5) is 15.8. The van der Waals surface area contributed by atoms with E-state index in [0.29, 0.717) is 34.2 Å².